The minimum atomic E-state index is -0.932. The Morgan fingerprint density at radius 3 is 2.80 bits per heavy atom. The number of nitrogens with zero attached hydrogens (tertiary/aromatic N) is 2. The summed E-state index contributed by atoms with van der Waals surface area (Å²) in [5.41, 5.74) is 0. The van der Waals surface area contributed by atoms with Crippen LogP contribution >= 0.6 is 0 Å². The standard InChI is InChI=1S/C13H20N2O5/c1-14-3-2-9(6-11(14)16)13(19)15-4-5-20-10(8-15)7-12(17)18/h9-10H,2-8H2,1H3,(H,17,18). The summed E-state index contributed by atoms with van der Waals surface area (Å²) in [5.74, 6) is -1.27. The normalized spacial score (nSPS) is 27.6. The van der Waals surface area contributed by atoms with E-state index in [1.807, 2.05) is 0 Å². The molecule has 2 heterocycles. The van der Waals surface area contributed by atoms with Crippen LogP contribution in [0.2, 0.25) is 0 Å². The highest BCUT2D eigenvalue weighted by Gasteiger charge is 2.34. The van der Waals surface area contributed by atoms with Crippen LogP contribution in [0.25, 0.3) is 0 Å². The molecule has 1 N–H and O–H groups in total. The molecule has 2 amide bonds. The van der Waals surface area contributed by atoms with Gasteiger partial charge >= 0.3 is 5.97 Å². The van der Waals surface area contributed by atoms with Gasteiger partial charge in [0.2, 0.25) is 11.8 Å². The van der Waals surface area contributed by atoms with Crippen molar-refractivity contribution in [2.24, 2.45) is 5.92 Å². The Hall–Kier alpha value is -1.63. The highest BCUT2D eigenvalue weighted by atomic mass is 16.5. The summed E-state index contributed by atoms with van der Waals surface area (Å²) in [6.07, 6.45) is 0.362. The molecule has 0 saturated carbocycles. The first-order chi connectivity index (χ1) is 9.47. The van der Waals surface area contributed by atoms with Crippen molar-refractivity contribution in [2.75, 3.05) is 33.3 Å². The average Bonchev–Trinajstić information content (AvgIpc) is 2.40. The summed E-state index contributed by atoms with van der Waals surface area (Å²) < 4.78 is 5.34. The number of ether oxygens (including phenoxy) is 1. The second-order valence-electron chi connectivity index (χ2n) is 5.38. The van der Waals surface area contributed by atoms with E-state index in [1.165, 1.54) is 0 Å². The van der Waals surface area contributed by atoms with Crippen molar-refractivity contribution in [3.8, 4) is 0 Å². The van der Waals surface area contributed by atoms with E-state index in [2.05, 4.69) is 0 Å². The Bertz CT molecular complexity index is 412. The molecule has 2 atom stereocenters. The minimum Gasteiger partial charge on any atom is -0.481 e. The molecule has 0 aliphatic carbocycles. The predicted octanol–water partition coefficient (Wildman–Crippen LogP) is -0.443. The number of hydrogen-bond donors (Lipinski definition) is 1. The molecule has 7 nitrogen and oxygen atoms in total. The first-order valence-corrected chi connectivity index (χ1v) is 6.83. The molecule has 0 spiro atoms. The summed E-state index contributed by atoms with van der Waals surface area (Å²) in [7, 11) is 1.74. The molecule has 2 rings (SSSR count). The van der Waals surface area contributed by atoms with E-state index in [-0.39, 0.29) is 30.6 Å². The van der Waals surface area contributed by atoms with Crippen molar-refractivity contribution in [3.63, 3.8) is 0 Å². The number of piperidine rings is 1. The zero-order chi connectivity index (χ0) is 14.7. The molecule has 2 unspecified atom stereocenters. The van der Waals surface area contributed by atoms with Crippen LogP contribution in [0.1, 0.15) is 19.3 Å². The van der Waals surface area contributed by atoms with Gasteiger partial charge in [0.15, 0.2) is 0 Å². The van der Waals surface area contributed by atoms with Gasteiger partial charge in [0.25, 0.3) is 0 Å². The lowest BCUT2D eigenvalue weighted by Gasteiger charge is -2.36. The van der Waals surface area contributed by atoms with Gasteiger partial charge in [-0.1, -0.05) is 0 Å². The number of carboxylic acid groups (broad SMARTS) is 1. The number of carbonyl (C=O) groups excluding carboxylic acids is 2. The topological polar surface area (TPSA) is 87.2 Å². The first kappa shape index (κ1) is 14.8. The van der Waals surface area contributed by atoms with Gasteiger partial charge in [-0.2, -0.15) is 0 Å². The number of morpholine rings is 1. The Morgan fingerprint density at radius 1 is 1.40 bits per heavy atom. The van der Waals surface area contributed by atoms with Gasteiger partial charge in [-0.25, -0.2) is 0 Å². The summed E-state index contributed by atoms with van der Waals surface area (Å²) in [6, 6.07) is 0. The van der Waals surface area contributed by atoms with E-state index in [0.29, 0.717) is 32.7 Å². The van der Waals surface area contributed by atoms with Gasteiger partial charge < -0.3 is 19.6 Å². The Morgan fingerprint density at radius 2 is 2.15 bits per heavy atom. The fourth-order valence-electron chi connectivity index (χ4n) is 2.65. The molecule has 20 heavy (non-hydrogen) atoms. The number of rotatable bonds is 3. The summed E-state index contributed by atoms with van der Waals surface area (Å²) in [5, 5.41) is 8.77. The lowest BCUT2D eigenvalue weighted by molar-refractivity contribution is -0.152. The number of likely N-dealkylation sites (tertiary alicyclic amines) is 1. The van der Waals surface area contributed by atoms with Gasteiger partial charge in [0.05, 0.1) is 19.1 Å². The van der Waals surface area contributed by atoms with Crippen LogP contribution in [0.4, 0.5) is 0 Å². The molecule has 2 saturated heterocycles. The lowest BCUT2D eigenvalue weighted by Crippen LogP contribution is -2.50. The average molecular weight is 284 g/mol. The smallest absolute Gasteiger partial charge is 0.306 e. The lowest BCUT2D eigenvalue weighted by atomic mass is 9.94. The molecular formula is C13H20N2O5. The van der Waals surface area contributed by atoms with Gasteiger partial charge in [-0.3, -0.25) is 14.4 Å². The van der Waals surface area contributed by atoms with Gasteiger partial charge in [0, 0.05) is 39.0 Å². The quantitative estimate of drug-likeness (QED) is 0.759. The third-order valence-corrected chi connectivity index (χ3v) is 3.86. The molecule has 0 aromatic rings. The largest absolute Gasteiger partial charge is 0.481 e. The van der Waals surface area contributed by atoms with E-state index in [0.717, 1.165) is 0 Å². The van der Waals surface area contributed by atoms with Crippen LogP contribution in [0, 0.1) is 5.92 Å². The summed E-state index contributed by atoms with van der Waals surface area (Å²) in [4.78, 5) is 38.0. The third kappa shape index (κ3) is 3.47. The molecule has 0 aromatic heterocycles. The van der Waals surface area contributed by atoms with Crippen molar-refractivity contribution in [2.45, 2.75) is 25.4 Å². The second kappa shape index (κ2) is 6.21. The van der Waals surface area contributed by atoms with Crippen molar-refractivity contribution >= 4 is 17.8 Å². The van der Waals surface area contributed by atoms with E-state index in [4.69, 9.17) is 9.84 Å². The highest BCUT2D eigenvalue weighted by molar-refractivity contribution is 5.87. The monoisotopic (exact) mass is 284 g/mol. The summed E-state index contributed by atoms with van der Waals surface area (Å²) >= 11 is 0. The second-order valence-corrected chi connectivity index (χ2v) is 5.38. The first-order valence-electron chi connectivity index (χ1n) is 6.83. The van der Waals surface area contributed by atoms with Crippen LogP contribution in [0.5, 0.6) is 0 Å². The molecule has 0 radical (unpaired) electrons. The Balaban J connectivity index is 1.91. The van der Waals surface area contributed by atoms with E-state index in [1.54, 1.807) is 16.8 Å². The van der Waals surface area contributed by atoms with Crippen molar-refractivity contribution in [1.82, 2.24) is 9.80 Å². The molecule has 0 bridgehead atoms. The van der Waals surface area contributed by atoms with Crippen LogP contribution in [-0.2, 0) is 19.1 Å². The molecule has 2 aliphatic rings. The highest BCUT2D eigenvalue weighted by Crippen LogP contribution is 2.21. The number of amides is 2. The van der Waals surface area contributed by atoms with Crippen molar-refractivity contribution < 1.29 is 24.2 Å². The van der Waals surface area contributed by atoms with Crippen molar-refractivity contribution in [1.29, 1.82) is 0 Å². The molecule has 2 aliphatic heterocycles. The van der Waals surface area contributed by atoms with E-state index in [9.17, 15) is 14.4 Å². The van der Waals surface area contributed by atoms with Crippen LogP contribution in [-0.4, -0.2) is 72.1 Å². The fourth-order valence-corrected chi connectivity index (χ4v) is 2.65. The maximum atomic E-state index is 12.4. The van der Waals surface area contributed by atoms with E-state index < -0.39 is 12.1 Å². The Kier molecular flexibility index (Phi) is 4.59. The molecule has 2 fully saturated rings. The molecule has 112 valence electrons. The molecular weight excluding hydrogens is 264 g/mol. The van der Waals surface area contributed by atoms with Crippen LogP contribution in [0.3, 0.4) is 0 Å². The number of carboxylic acids is 1. The maximum Gasteiger partial charge on any atom is 0.306 e. The summed E-state index contributed by atoms with van der Waals surface area (Å²) in [6.45, 7) is 1.71. The maximum absolute atomic E-state index is 12.4. The number of hydrogen-bond acceptors (Lipinski definition) is 4. The SMILES string of the molecule is CN1CCC(C(=O)N2CCOC(CC(=O)O)C2)CC1=O. The third-order valence-electron chi connectivity index (χ3n) is 3.86. The fraction of sp³-hybridized carbons (Fsp3) is 0.769. The number of carbonyl (C=O) groups is 3. The zero-order valence-corrected chi connectivity index (χ0v) is 11.6. The zero-order valence-electron chi connectivity index (χ0n) is 11.6. The van der Waals surface area contributed by atoms with Crippen molar-refractivity contribution in [3.05, 3.63) is 0 Å². The van der Waals surface area contributed by atoms with Gasteiger partial charge in [0.1, 0.15) is 0 Å². The molecule has 0 aromatic carbocycles. The van der Waals surface area contributed by atoms with Gasteiger partial charge in [-0.15, -0.1) is 0 Å². The predicted molar refractivity (Wildman–Crippen MR) is 68.9 cm³/mol. The number of aliphatic carboxylic acids is 1. The molecule has 7 heteroatoms. The van der Waals surface area contributed by atoms with Gasteiger partial charge in [-0.05, 0) is 6.42 Å². The van der Waals surface area contributed by atoms with Crippen LogP contribution < -0.4 is 0 Å². The van der Waals surface area contributed by atoms with E-state index >= 15 is 0 Å². The van der Waals surface area contributed by atoms with Crippen LogP contribution in [0.15, 0.2) is 0 Å². The minimum absolute atomic E-state index is 0.00931. The Labute approximate surface area is 117 Å².